The Labute approximate surface area is 122 Å². The molecule has 4 nitrogen and oxygen atoms in total. The summed E-state index contributed by atoms with van der Waals surface area (Å²) in [6.07, 6.45) is 2.08. The highest BCUT2D eigenvalue weighted by atomic mass is 16.5. The maximum atomic E-state index is 5.42. The van der Waals surface area contributed by atoms with Crippen LogP contribution in [0.3, 0.4) is 0 Å². The first kappa shape index (κ1) is 15.4. The first-order chi connectivity index (χ1) is 9.56. The van der Waals surface area contributed by atoms with Gasteiger partial charge in [0.2, 0.25) is 0 Å². The van der Waals surface area contributed by atoms with E-state index in [2.05, 4.69) is 43.0 Å². The van der Waals surface area contributed by atoms with Crippen LogP contribution in [0.1, 0.15) is 43.0 Å². The zero-order valence-corrected chi connectivity index (χ0v) is 13.2. The van der Waals surface area contributed by atoms with Crippen LogP contribution in [0, 0.1) is 25.7 Å². The summed E-state index contributed by atoms with van der Waals surface area (Å²) in [6.45, 7) is 12.3. The number of hydrogen-bond donors (Lipinski definition) is 1. The van der Waals surface area contributed by atoms with Crippen molar-refractivity contribution in [2.45, 2.75) is 47.1 Å². The lowest BCUT2D eigenvalue weighted by molar-refractivity contribution is 0.185. The summed E-state index contributed by atoms with van der Waals surface area (Å²) in [6, 6.07) is 0. The molecule has 0 radical (unpaired) electrons. The van der Waals surface area contributed by atoms with Crippen molar-refractivity contribution in [2.24, 2.45) is 11.8 Å². The standard InChI is InChI=1S/C16H27N3O/c1-11(2)8-17-9-15-12(3)18-16(19-13(15)4)7-14-5-6-20-10-14/h11,14,17H,5-10H2,1-4H3. The summed E-state index contributed by atoms with van der Waals surface area (Å²) in [5.41, 5.74) is 3.47. The summed E-state index contributed by atoms with van der Waals surface area (Å²) in [7, 11) is 0. The van der Waals surface area contributed by atoms with Crippen molar-refractivity contribution in [3.05, 3.63) is 22.8 Å². The largest absolute Gasteiger partial charge is 0.381 e. The van der Waals surface area contributed by atoms with Crippen molar-refractivity contribution < 1.29 is 4.74 Å². The monoisotopic (exact) mass is 277 g/mol. The number of aryl methyl sites for hydroxylation is 2. The van der Waals surface area contributed by atoms with E-state index in [4.69, 9.17) is 4.74 Å². The van der Waals surface area contributed by atoms with Gasteiger partial charge in [0, 0.05) is 43.1 Å². The number of nitrogens with zero attached hydrogens (tertiary/aromatic N) is 2. The minimum atomic E-state index is 0.596. The van der Waals surface area contributed by atoms with Gasteiger partial charge in [-0.25, -0.2) is 9.97 Å². The lowest BCUT2D eigenvalue weighted by atomic mass is 10.0. The third-order valence-corrected chi connectivity index (χ3v) is 3.82. The van der Waals surface area contributed by atoms with E-state index >= 15 is 0 Å². The molecule has 2 rings (SSSR count). The minimum absolute atomic E-state index is 0.596. The van der Waals surface area contributed by atoms with E-state index in [9.17, 15) is 0 Å². The van der Waals surface area contributed by atoms with Crippen molar-refractivity contribution in [2.75, 3.05) is 19.8 Å². The fourth-order valence-electron chi connectivity index (χ4n) is 2.64. The van der Waals surface area contributed by atoms with Crippen LogP contribution in [-0.2, 0) is 17.7 Å². The summed E-state index contributed by atoms with van der Waals surface area (Å²) >= 11 is 0. The van der Waals surface area contributed by atoms with E-state index in [0.717, 1.165) is 56.4 Å². The fourth-order valence-corrected chi connectivity index (χ4v) is 2.64. The summed E-state index contributed by atoms with van der Waals surface area (Å²) in [5.74, 6) is 2.24. The van der Waals surface area contributed by atoms with E-state index < -0.39 is 0 Å². The summed E-state index contributed by atoms with van der Waals surface area (Å²) in [4.78, 5) is 9.38. The van der Waals surface area contributed by atoms with Gasteiger partial charge in [0.05, 0.1) is 0 Å². The van der Waals surface area contributed by atoms with E-state index in [-0.39, 0.29) is 0 Å². The fraction of sp³-hybridized carbons (Fsp3) is 0.750. The highest BCUT2D eigenvalue weighted by Gasteiger charge is 2.18. The van der Waals surface area contributed by atoms with Gasteiger partial charge in [-0.2, -0.15) is 0 Å². The van der Waals surface area contributed by atoms with Gasteiger partial charge in [-0.15, -0.1) is 0 Å². The average Bonchev–Trinajstić information content (AvgIpc) is 2.85. The van der Waals surface area contributed by atoms with Crippen LogP contribution < -0.4 is 5.32 Å². The topological polar surface area (TPSA) is 47.0 Å². The molecule has 1 aliphatic heterocycles. The van der Waals surface area contributed by atoms with Crippen LogP contribution in [-0.4, -0.2) is 29.7 Å². The molecular weight excluding hydrogens is 250 g/mol. The molecule has 1 unspecified atom stereocenters. The molecule has 112 valence electrons. The maximum Gasteiger partial charge on any atom is 0.129 e. The Morgan fingerprint density at radius 2 is 1.95 bits per heavy atom. The third kappa shape index (κ3) is 4.25. The van der Waals surface area contributed by atoms with Crippen molar-refractivity contribution in [3.63, 3.8) is 0 Å². The number of nitrogens with one attached hydrogen (secondary N) is 1. The second kappa shape index (κ2) is 7.14. The molecule has 1 saturated heterocycles. The Kier molecular flexibility index (Phi) is 5.49. The molecule has 0 amide bonds. The zero-order chi connectivity index (χ0) is 14.5. The van der Waals surface area contributed by atoms with Gasteiger partial charge in [-0.05, 0) is 38.6 Å². The van der Waals surface area contributed by atoms with Crippen LogP contribution in [0.2, 0.25) is 0 Å². The zero-order valence-electron chi connectivity index (χ0n) is 13.2. The van der Waals surface area contributed by atoms with Crippen LogP contribution in [0.5, 0.6) is 0 Å². The number of rotatable bonds is 6. The van der Waals surface area contributed by atoms with Gasteiger partial charge in [0.25, 0.3) is 0 Å². The molecule has 4 heteroatoms. The van der Waals surface area contributed by atoms with E-state index in [1.54, 1.807) is 0 Å². The highest BCUT2D eigenvalue weighted by molar-refractivity contribution is 5.24. The second-order valence-electron chi connectivity index (χ2n) is 6.25. The molecule has 0 aromatic carbocycles. The van der Waals surface area contributed by atoms with Crippen LogP contribution in [0.15, 0.2) is 0 Å². The molecule has 1 aliphatic rings. The lowest BCUT2D eigenvalue weighted by Gasteiger charge is -2.14. The van der Waals surface area contributed by atoms with E-state index in [1.165, 1.54) is 5.56 Å². The molecule has 0 saturated carbocycles. The lowest BCUT2D eigenvalue weighted by Crippen LogP contribution is -2.21. The second-order valence-corrected chi connectivity index (χ2v) is 6.25. The van der Waals surface area contributed by atoms with Gasteiger partial charge in [0.15, 0.2) is 0 Å². The van der Waals surface area contributed by atoms with Crippen LogP contribution in [0.4, 0.5) is 0 Å². The highest BCUT2D eigenvalue weighted by Crippen LogP contribution is 2.18. The number of ether oxygens (including phenoxy) is 1. The van der Waals surface area contributed by atoms with Crippen molar-refractivity contribution in [1.82, 2.24) is 15.3 Å². The molecule has 0 bridgehead atoms. The molecule has 1 aromatic heterocycles. The van der Waals surface area contributed by atoms with Crippen molar-refractivity contribution >= 4 is 0 Å². The van der Waals surface area contributed by atoms with Gasteiger partial charge < -0.3 is 10.1 Å². The van der Waals surface area contributed by atoms with Gasteiger partial charge in [-0.1, -0.05) is 13.8 Å². The summed E-state index contributed by atoms with van der Waals surface area (Å²) in [5, 5.41) is 3.48. The minimum Gasteiger partial charge on any atom is -0.381 e. The predicted octanol–water partition coefficient (Wildman–Crippen LogP) is 2.42. The smallest absolute Gasteiger partial charge is 0.129 e. The van der Waals surface area contributed by atoms with Crippen LogP contribution in [0.25, 0.3) is 0 Å². The Bertz CT molecular complexity index is 416. The molecule has 2 heterocycles. The maximum absolute atomic E-state index is 5.42. The number of hydrogen-bond acceptors (Lipinski definition) is 4. The Morgan fingerprint density at radius 1 is 1.25 bits per heavy atom. The third-order valence-electron chi connectivity index (χ3n) is 3.82. The Morgan fingerprint density at radius 3 is 2.50 bits per heavy atom. The van der Waals surface area contributed by atoms with Crippen molar-refractivity contribution in [3.8, 4) is 0 Å². The normalized spacial score (nSPS) is 18.9. The van der Waals surface area contributed by atoms with Crippen molar-refractivity contribution in [1.29, 1.82) is 0 Å². The SMILES string of the molecule is Cc1nc(CC2CCOC2)nc(C)c1CNCC(C)C. The Hall–Kier alpha value is -1.00. The molecule has 1 aromatic rings. The average molecular weight is 277 g/mol. The van der Waals surface area contributed by atoms with Gasteiger partial charge >= 0.3 is 0 Å². The van der Waals surface area contributed by atoms with E-state index in [0.29, 0.717) is 11.8 Å². The molecule has 20 heavy (non-hydrogen) atoms. The molecule has 0 spiro atoms. The first-order valence-electron chi connectivity index (χ1n) is 7.67. The molecule has 1 atom stereocenters. The molecular formula is C16H27N3O. The van der Waals surface area contributed by atoms with Gasteiger partial charge in [-0.3, -0.25) is 0 Å². The number of aromatic nitrogens is 2. The Balaban J connectivity index is 1.99. The van der Waals surface area contributed by atoms with Gasteiger partial charge in [0.1, 0.15) is 5.82 Å². The van der Waals surface area contributed by atoms with E-state index in [1.807, 2.05) is 0 Å². The van der Waals surface area contributed by atoms with Crippen LogP contribution >= 0.6 is 0 Å². The molecule has 1 N–H and O–H groups in total. The first-order valence-corrected chi connectivity index (χ1v) is 7.67. The predicted molar refractivity (Wildman–Crippen MR) is 80.7 cm³/mol. The summed E-state index contributed by atoms with van der Waals surface area (Å²) < 4.78 is 5.42. The molecule has 0 aliphatic carbocycles. The molecule has 1 fully saturated rings. The quantitative estimate of drug-likeness (QED) is 0.867.